The highest BCUT2D eigenvalue weighted by atomic mass is 19.4. The number of rotatable bonds is 6. The molecule has 0 aliphatic carbocycles. The molecule has 0 spiro atoms. The molecule has 0 aromatic rings. The molecule has 0 rings (SSSR count). The Morgan fingerprint density at radius 2 is 1.36 bits per heavy atom. The zero-order valence-corrected chi connectivity index (χ0v) is 10.9. The molecule has 0 fully saturated rings. The Hall–Kier alpha value is -1.85. The van der Waals surface area contributed by atoms with Crippen LogP contribution in [-0.2, 0) is 14.4 Å². The number of aliphatic carboxylic acids is 1. The first-order valence-electron chi connectivity index (χ1n) is 5.78. The fraction of sp³-hybridized carbons (Fsp3) is 0.700. The maximum atomic E-state index is 12.3. The first-order chi connectivity index (χ1) is 9.84. The van der Waals surface area contributed by atoms with Crippen LogP contribution in [0.2, 0.25) is 0 Å². The molecule has 0 bridgehead atoms. The molecule has 0 radical (unpaired) electrons. The number of alkyl halides is 6. The Kier molecular flexibility index (Phi) is 6.80. The van der Waals surface area contributed by atoms with Gasteiger partial charge in [0.1, 0.15) is 6.04 Å². The van der Waals surface area contributed by atoms with Gasteiger partial charge in [0, 0.05) is 0 Å². The molecule has 3 N–H and O–H groups in total. The molecular formula is C10H12F6N2O4. The van der Waals surface area contributed by atoms with Crippen LogP contribution >= 0.6 is 0 Å². The molecule has 6 nitrogen and oxygen atoms in total. The van der Waals surface area contributed by atoms with Gasteiger partial charge in [-0.1, -0.05) is 0 Å². The maximum absolute atomic E-state index is 12.3. The third kappa shape index (κ3) is 5.50. The second-order valence-corrected chi connectivity index (χ2v) is 4.11. The summed E-state index contributed by atoms with van der Waals surface area (Å²) in [4.78, 5) is 31.6. The lowest BCUT2D eigenvalue weighted by Crippen LogP contribution is -2.57. The highest BCUT2D eigenvalue weighted by molar-refractivity contribution is 6.03. The number of hydrogen-bond donors (Lipinski definition) is 2. The lowest BCUT2D eigenvalue weighted by atomic mass is 10.1. The van der Waals surface area contributed by atoms with Crippen molar-refractivity contribution in [2.24, 2.45) is 5.73 Å². The van der Waals surface area contributed by atoms with E-state index in [4.69, 9.17) is 10.8 Å². The predicted molar refractivity (Wildman–Crippen MR) is 58.3 cm³/mol. The second kappa shape index (κ2) is 7.42. The Labute approximate surface area is 119 Å². The third-order valence-corrected chi connectivity index (χ3v) is 2.45. The van der Waals surface area contributed by atoms with E-state index in [1.165, 1.54) is 0 Å². The average molecular weight is 338 g/mol. The fourth-order valence-corrected chi connectivity index (χ4v) is 1.49. The van der Waals surface area contributed by atoms with Gasteiger partial charge in [-0.05, 0) is 25.8 Å². The number of imide groups is 1. The zero-order chi connectivity index (χ0) is 17.7. The first kappa shape index (κ1) is 20.1. The molecule has 0 aliphatic heterocycles. The molecule has 0 aliphatic rings. The maximum Gasteiger partial charge on any atom is 0.471 e. The highest BCUT2D eigenvalue weighted by Crippen LogP contribution is 2.27. The lowest BCUT2D eigenvalue weighted by molar-refractivity contribution is -0.208. The molecule has 12 heteroatoms. The van der Waals surface area contributed by atoms with Crippen LogP contribution < -0.4 is 5.73 Å². The van der Waals surface area contributed by atoms with Gasteiger partial charge < -0.3 is 10.8 Å². The van der Waals surface area contributed by atoms with Crippen molar-refractivity contribution < 1.29 is 45.8 Å². The average Bonchev–Trinajstić information content (AvgIpc) is 2.34. The summed E-state index contributed by atoms with van der Waals surface area (Å²) in [6.07, 6.45) is -12.5. The van der Waals surface area contributed by atoms with Gasteiger partial charge >= 0.3 is 30.1 Å². The Bertz CT molecular complexity index is 408. The minimum atomic E-state index is -5.83. The predicted octanol–water partition coefficient (Wildman–Crippen LogP) is 1.05. The first-order valence-corrected chi connectivity index (χ1v) is 5.78. The van der Waals surface area contributed by atoms with E-state index in [9.17, 15) is 40.7 Å². The third-order valence-electron chi connectivity index (χ3n) is 2.45. The van der Waals surface area contributed by atoms with E-state index in [0.29, 0.717) is 0 Å². The van der Waals surface area contributed by atoms with Gasteiger partial charge in [0.15, 0.2) is 0 Å². The normalized spacial score (nSPS) is 13.6. The van der Waals surface area contributed by atoms with Crippen LogP contribution in [0.1, 0.15) is 19.3 Å². The van der Waals surface area contributed by atoms with E-state index in [-0.39, 0.29) is 19.4 Å². The second-order valence-electron chi connectivity index (χ2n) is 4.11. The van der Waals surface area contributed by atoms with Gasteiger partial charge in [0.05, 0.1) is 0 Å². The van der Waals surface area contributed by atoms with Crippen molar-refractivity contribution in [1.82, 2.24) is 4.90 Å². The number of nitrogens with two attached hydrogens (primary N) is 1. The number of carbonyl (C=O) groups is 3. The van der Waals surface area contributed by atoms with Crippen LogP contribution in [0, 0.1) is 0 Å². The van der Waals surface area contributed by atoms with Gasteiger partial charge in [0.2, 0.25) is 0 Å². The van der Waals surface area contributed by atoms with E-state index in [1.807, 2.05) is 0 Å². The van der Waals surface area contributed by atoms with Crippen LogP contribution in [0.5, 0.6) is 0 Å². The van der Waals surface area contributed by atoms with Crippen molar-refractivity contribution in [1.29, 1.82) is 0 Å². The van der Waals surface area contributed by atoms with Gasteiger partial charge in [-0.3, -0.25) is 14.5 Å². The van der Waals surface area contributed by atoms with Crippen LogP contribution in [0.15, 0.2) is 0 Å². The smallest absolute Gasteiger partial charge is 0.471 e. The van der Waals surface area contributed by atoms with Gasteiger partial charge in [-0.2, -0.15) is 26.3 Å². The number of carbonyl (C=O) groups excluding carboxylic acids is 2. The van der Waals surface area contributed by atoms with Crippen molar-refractivity contribution in [2.45, 2.75) is 37.7 Å². The van der Waals surface area contributed by atoms with E-state index in [0.717, 1.165) is 0 Å². The van der Waals surface area contributed by atoms with Crippen molar-refractivity contribution in [3.8, 4) is 0 Å². The highest BCUT2D eigenvalue weighted by Gasteiger charge is 2.55. The summed E-state index contributed by atoms with van der Waals surface area (Å²) in [5.41, 5.74) is 5.07. The van der Waals surface area contributed by atoms with Crippen LogP contribution in [0.3, 0.4) is 0 Å². The van der Waals surface area contributed by atoms with E-state index < -0.39 is 47.5 Å². The van der Waals surface area contributed by atoms with Crippen LogP contribution in [-0.4, -0.2) is 52.7 Å². The van der Waals surface area contributed by atoms with Crippen molar-refractivity contribution >= 4 is 17.8 Å². The topological polar surface area (TPSA) is 101 Å². The quantitative estimate of drug-likeness (QED) is 0.557. The van der Waals surface area contributed by atoms with E-state index in [2.05, 4.69) is 0 Å². The van der Waals surface area contributed by atoms with Crippen molar-refractivity contribution in [3.63, 3.8) is 0 Å². The molecule has 0 aromatic heterocycles. The van der Waals surface area contributed by atoms with Gasteiger partial charge in [-0.15, -0.1) is 0 Å². The summed E-state index contributed by atoms with van der Waals surface area (Å²) in [6.45, 7) is 0.00672. The number of carboxylic acid groups (broad SMARTS) is 1. The summed E-state index contributed by atoms with van der Waals surface area (Å²) in [5, 5.41) is 8.76. The number of halogens is 6. The summed E-state index contributed by atoms with van der Waals surface area (Å²) in [6, 6.07) is -2.59. The van der Waals surface area contributed by atoms with Gasteiger partial charge in [0.25, 0.3) is 0 Å². The SMILES string of the molecule is NCCCC[C@@H](C(=O)O)N(C(=O)C(F)(F)F)C(=O)C(F)(F)F. The molecule has 0 aromatic carbocycles. The van der Waals surface area contributed by atoms with E-state index in [1.54, 1.807) is 0 Å². The molecule has 0 unspecified atom stereocenters. The molecular weight excluding hydrogens is 326 g/mol. The number of carboxylic acids is 1. The standard InChI is InChI=1S/C10H12F6N2O4/c11-9(12,13)7(21)18(8(22)10(14,15)16)5(6(19)20)3-1-2-4-17/h5H,1-4,17H2,(H,19,20)/t5-/m0/s1. The Morgan fingerprint density at radius 3 is 1.64 bits per heavy atom. The molecule has 22 heavy (non-hydrogen) atoms. The minimum absolute atomic E-state index is 0.00672. The molecule has 0 saturated heterocycles. The Balaban J connectivity index is 5.65. The van der Waals surface area contributed by atoms with E-state index >= 15 is 0 Å². The summed E-state index contributed by atoms with van der Waals surface area (Å²) in [5.74, 6) is -8.53. The largest absolute Gasteiger partial charge is 0.480 e. The molecule has 2 amide bonds. The molecule has 1 atom stereocenters. The lowest BCUT2D eigenvalue weighted by Gasteiger charge is -2.28. The Morgan fingerprint density at radius 1 is 0.955 bits per heavy atom. The summed E-state index contributed by atoms with van der Waals surface area (Å²) < 4.78 is 74.0. The summed E-state index contributed by atoms with van der Waals surface area (Å²) >= 11 is 0. The number of hydrogen-bond acceptors (Lipinski definition) is 4. The monoisotopic (exact) mass is 338 g/mol. The van der Waals surface area contributed by atoms with Gasteiger partial charge in [-0.25, -0.2) is 4.79 Å². The molecule has 128 valence electrons. The summed E-state index contributed by atoms with van der Waals surface area (Å²) in [7, 11) is 0. The number of unbranched alkanes of at least 4 members (excludes halogenated alkanes) is 1. The fourth-order valence-electron chi connectivity index (χ4n) is 1.49. The van der Waals surface area contributed by atoms with Crippen LogP contribution in [0.4, 0.5) is 26.3 Å². The zero-order valence-electron chi connectivity index (χ0n) is 10.9. The molecule has 0 heterocycles. The van der Waals surface area contributed by atoms with Crippen molar-refractivity contribution in [3.05, 3.63) is 0 Å². The van der Waals surface area contributed by atoms with Crippen LogP contribution in [0.25, 0.3) is 0 Å². The molecule has 0 saturated carbocycles. The number of nitrogens with zero attached hydrogens (tertiary/aromatic N) is 1. The number of amides is 2. The van der Waals surface area contributed by atoms with Crippen molar-refractivity contribution in [2.75, 3.05) is 6.54 Å². The minimum Gasteiger partial charge on any atom is -0.480 e.